The number of benzene rings is 9. The minimum Gasteiger partial charge on any atom is -0.310 e. The van der Waals surface area contributed by atoms with E-state index in [1.807, 2.05) is 0 Å². The van der Waals surface area contributed by atoms with Crippen LogP contribution in [0.15, 0.2) is 140 Å². The van der Waals surface area contributed by atoms with E-state index in [0.717, 1.165) is 5.69 Å². The Morgan fingerprint density at radius 2 is 0.724 bits per heavy atom. The molecule has 0 saturated heterocycles. The highest BCUT2D eigenvalue weighted by atomic mass is 15.1. The summed E-state index contributed by atoms with van der Waals surface area (Å²) in [6.45, 7) is 49.2. The van der Waals surface area contributed by atoms with Crippen molar-refractivity contribution in [2.75, 3.05) is 4.90 Å². The van der Waals surface area contributed by atoms with Gasteiger partial charge in [0, 0.05) is 32.9 Å². The lowest BCUT2D eigenvalue weighted by molar-refractivity contribution is 0.568. The minimum absolute atomic E-state index is 0.0208. The molecule has 0 saturated carbocycles. The molecule has 0 fully saturated rings. The summed E-state index contributed by atoms with van der Waals surface area (Å²) in [4.78, 5) is 2.60. The summed E-state index contributed by atoms with van der Waals surface area (Å²) < 4.78 is 2.55. The van der Waals surface area contributed by atoms with E-state index in [0.29, 0.717) is 0 Å². The number of rotatable bonds is 5. The summed E-state index contributed by atoms with van der Waals surface area (Å²) in [5.41, 5.74) is 18.9. The number of anilines is 3. The first-order valence-corrected chi connectivity index (χ1v) is 28.2. The van der Waals surface area contributed by atoms with Crippen molar-refractivity contribution in [2.45, 2.75) is 183 Å². The molecule has 2 nitrogen and oxygen atoms in total. The molecule has 0 unspecified atom stereocenters. The third-order valence-electron chi connectivity index (χ3n) is 16.6. The Bertz CT molecular complexity index is 3760. The van der Waals surface area contributed by atoms with E-state index in [1.165, 1.54) is 121 Å². The number of nitrogens with zero attached hydrogens (tertiary/aromatic N) is 2. The van der Waals surface area contributed by atoms with Crippen molar-refractivity contribution in [3.63, 3.8) is 0 Å². The molecule has 0 spiro atoms. The Morgan fingerprint density at radius 1 is 0.303 bits per heavy atom. The average Bonchev–Trinajstić information content (AvgIpc) is 3.71. The lowest BCUT2D eigenvalue weighted by Gasteiger charge is -2.33. The van der Waals surface area contributed by atoms with Crippen molar-refractivity contribution in [3.8, 4) is 16.8 Å². The van der Waals surface area contributed by atoms with E-state index in [-0.39, 0.29) is 37.9 Å². The zero-order valence-electron chi connectivity index (χ0n) is 50.2. The predicted octanol–water partition coefficient (Wildman–Crippen LogP) is 21.9. The van der Waals surface area contributed by atoms with Crippen LogP contribution in [0.2, 0.25) is 0 Å². The maximum atomic E-state index is 2.60. The Morgan fingerprint density at radius 3 is 1.18 bits per heavy atom. The van der Waals surface area contributed by atoms with Gasteiger partial charge in [0.05, 0.1) is 22.4 Å². The summed E-state index contributed by atoms with van der Waals surface area (Å²) in [5, 5.41) is 10.2. The molecular formula is C74H86N2. The van der Waals surface area contributed by atoms with Crippen molar-refractivity contribution in [2.24, 2.45) is 0 Å². The fourth-order valence-corrected chi connectivity index (χ4v) is 11.6. The van der Waals surface area contributed by atoms with Crippen molar-refractivity contribution < 1.29 is 0 Å². The van der Waals surface area contributed by atoms with E-state index in [1.54, 1.807) is 0 Å². The van der Waals surface area contributed by atoms with Gasteiger partial charge in [-0.3, -0.25) is 0 Å². The first kappa shape index (κ1) is 53.0. The zero-order chi connectivity index (χ0) is 55.2. The monoisotopic (exact) mass is 1000 g/mol. The summed E-state index contributed by atoms with van der Waals surface area (Å²) >= 11 is 0. The van der Waals surface area contributed by atoms with Crippen LogP contribution in [0.5, 0.6) is 0 Å². The fraction of sp³-hybridized carbons (Fsp3) is 0.378. The molecule has 0 N–H and O–H groups in total. The second-order valence-corrected chi connectivity index (χ2v) is 29.8. The topological polar surface area (TPSA) is 8.17 Å². The third-order valence-corrected chi connectivity index (χ3v) is 16.6. The van der Waals surface area contributed by atoms with Gasteiger partial charge >= 0.3 is 0 Å². The summed E-state index contributed by atoms with van der Waals surface area (Å²) in [5.74, 6) is 0. The molecule has 0 aliphatic rings. The fourth-order valence-electron chi connectivity index (χ4n) is 11.6. The van der Waals surface area contributed by atoms with Gasteiger partial charge in [-0.25, -0.2) is 0 Å². The molecule has 1 heterocycles. The molecule has 0 amide bonds. The van der Waals surface area contributed by atoms with E-state index in [9.17, 15) is 0 Å². The SMILES string of the molecule is CC(C)(C)c1cc(-c2cc(N(c3cc(C(C)(C)C)cc(C(C)(C)C)c3)c3ccc4ccc5c(-n6c7ccc(C(C)(C)C)cc7c7cc(C(C)(C)C)ccc76)ccc6ccc3c4c65)ccc2C(C)(C)C)cc(C(C)(C)C)c1. The molecule has 9 aromatic carbocycles. The second kappa shape index (κ2) is 17.6. The first-order valence-electron chi connectivity index (χ1n) is 28.2. The molecule has 2 heteroatoms. The van der Waals surface area contributed by atoms with Gasteiger partial charge in [0.25, 0.3) is 0 Å². The highest BCUT2D eigenvalue weighted by molar-refractivity contribution is 6.27. The normalized spacial score (nSPS) is 13.6. The zero-order valence-corrected chi connectivity index (χ0v) is 50.2. The minimum atomic E-state index is -0.102. The van der Waals surface area contributed by atoms with Gasteiger partial charge < -0.3 is 9.47 Å². The van der Waals surface area contributed by atoms with E-state index < -0.39 is 0 Å². The van der Waals surface area contributed by atoms with Gasteiger partial charge in [0.15, 0.2) is 0 Å². The first-order chi connectivity index (χ1) is 35.1. The molecule has 10 aromatic rings. The predicted molar refractivity (Wildman–Crippen MR) is 336 cm³/mol. The Labute approximate surface area is 456 Å². The van der Waals surface area contributed by atoms with Crippen molar-refractivity contribution >= 4 is 71.2 Å². The second-order valence-electron chi connectivity index (χ2n) is 29.8. The Balaban J connectivity index is 1.29. The molecule has 0 bridgehead atoms. The van der Waals surface area contributed by atoms with E-state index in [2.05, 4.69) is 294 Å². The molecule has 0 radical (unpaired) electrons. The maximum Gasteiger partial charge on any atom is 0.0541 e. The standard InChI is InChI=1S/C74H86N2/c1-68(2,3)48-26-34-64-59(42-48)60-43-49(69(4,5)6)27-35-65(60)76(64)63-33-25-46-22-29-56-62(32-24-45-23-30-57(63)67(46)66(45)56)75(55-40-52(72(13,14)15)39-53(41-55)73(16,17)18)54-28-31-61(74(19,20)21)58(44-54)47-36-50(70(7,8)9)38-51(37-47)71(10,11)12/h22-44H,1-21H3. The molecular weight excluding hydrogens is 917 g/mol. The van der Waals surface area contributed by atoms with E-state index in [4.69, 9.17) is 0 Å². The summed E-state index contributed by atoms with van der Waals surface area (Å²) in [6.07, 6.45) is 0. The van der Waals surface area contributed by atoms with Crippen LogP contribution in [0.3, 0.4) is 0 Å². The third kappa shape index (κ3) is 9.41. The number of hydrogen-bond donors (Lipinski definition) is 0. The quantitative estimate of drug-likeness (QED) is 0.156. The van der Waals surface area contributed by atoms with Crippen LogP contribution >= 0.6 is 0 Å². The van der Waals surface area contributed by atoms with Gasteiger partial charge in [-0.2, -0.15) is 0 Å². The van der Waals surface area contributed by atoms with Gasteiger partial charge in [-0.1, -0.05) is 224 Å². The molecule has 76 heavy (non-hydrogen) atoms. The smallest absolute Gasteiger partial charge is 0.0541 e. The molecule has 392 valence electrons. The van der Waals surface area contributed by atoms with Crippen LogP contribution in [0, 0.1) is 0 Å². The van der Waals surface area contributed by atoms with Gasteiger partial charge in [0.2, 0.25) is 0 Å². The van der Waals surface area contributed by atoms with Gasteiger partial charge in [-0.15, -0.1) is 0 Å². The Kier molecular flexibility index (Phi) is 12.3. The van der Waals surface area contributed by atoms with Crippen molar-refractivity contribution in [1.82, 2.24) is 4.57 Å². The number of fused-ring (bicyclic) bond motifs is 3. The molecule has 1 aromatic heterocycles. The van der Waals surface area contributed by atoms with Crippen LogP contribution < -0.4 is 4.90 Å². The number of hydrogen-bond acceptors (Lipinski definition) is 1. The van der Waals surface area contributed by atoms with Gasteiger partial charge in [0.1, 0.15) is 0 Å². The largest absolute Gasteiger partial charge is 0.310 e. The van der Waals surface area contributed by atoms with Crippen LogP contribution in [0.1, 0.15) is 184 Å². The van der Waals surface area contributed by atoms with Crippen LogP contribution in [0.4, 0.5) is 17.1 Å². The Hall–Kier alpha value is -6.38. The summed E-state index contributed by atoms with van der Waals surface area (Å²) in [7, 11) is 0. The molecule has 0 aliphatic heterocycles. The lowest BCUT2D eigenvalue weighted by Crippen LogP contribution is -2.20. The van der Waals surface area contributed by atoms with Crippen molar-refractivity contribution in [1.29, 1.82) is 0 Å². The molecule has 0 atom stereocenters. The lowest BCUT2D eigenvalue weighted by atomic mass is 9.76. The molecule has 0 aliphatic carbocycles. The van der Waals surface area contributed by atoms with Gasteiger partial charge in [-0.05, 0) is 170 Å². The maximum absolute atomic E-state index is 2.60. The van der Waals surface area contributed by atoms with Crippen LogP contribution in [0.25, 0.3) is 70.9 Å². The van der Waals surface area contributed by atoms with Crippen molar-refractivity contribution in [3.05, 3.63) is 178 Å². The van der Waals surface area contributed by atoms with Crippen LogP contribution in [-0.4, -0.2) is 4.57 Å². The highest BCUT2D eigenvalue weighted by Crippen LogP contribution is 2.50. The highest BCUT2D eigenvalue weighted by Gasteiger charge is 2.30. The van der Waals surface area contributed by atoms with E-state index >= 15 is 0 Å². The average molecular weight is 1000 g/mol. The molecule has 10 rings (SSSR count). The summed E-state index contributed by atoms with van der Waals surface area (Å²) in [6, 6.07) is 55.6. The van der Waals surface area contributed by atoms with Crippen LogP contribution in [-0.2, 0) is 37.9 Å². The number of aromatic nitrogens is 1.